The first-order valence-corrected chi connectivity index (χ1v) is 13.1. The monoisotopic (exact) mass is 540 g/mol. The van der Waals surface area contributed by atoms with Crippen LogP contribution in [0.2, 0.25) is 0 Å². The molecule has 186 valence electrons. The van der Waals surface area contributed by atoms with Crippen molar-refractivity contribution in [3.63, 3.8) is 0 Å². The van der Waals surface area contributed by atoms with Crippen molar-refractivity contribution in [3.05, 3.63) is 33.1 Å². The zero-order valence-corrected chi connectivity index (χ0v) is 18.8. The van der Waals surface area contributed by atoms with Gasteiger partial charge in [-0.3, -0.25) is 23.7 Å². The fourth-order valence-corrected chi connectivity index (χ4v) is 6.54. The molecule has 2 heterocycles. The Labute approximate surface area is 181 Å². The van der Waals surface area contributed by atoms with Gasteiger partial charge in [-0.05, 0) is 0 Å². The van der Waals surface area contributed by atoms with E-state index in [2.05, 4.69) is 13.1 Å². The normalized spacial score (nSPS) is 32.4. The second-order valence-electron chi connectivity index (χ2n) is 6.88. The van der Waals surface area contributed by atoms with Crippen LogP contribution < -0.4 is 11.2 Å². The number of esters is 1. The van der Waals surface area contributed by atoms with E-state index >= 15 is 4.39 Å². The third-order valence-electron chi connectivity index (χ3n) is 4.59. The van der Waals surface area contributed by atoms with Crippen molar-refractivity contribution in [2.24, 2.45) is 5.41 Å². The predicted octanol–water partition coefficient (Wildman–Crippen LogP) is -0.953. The average molecular weight is 540 g/mol. The number of carbonyl (C=O) groups is 1. The van der Waals surface area contributed by atoms with Gasteiger partial charge in [0.05, 0.1) is 5.41 Å². The summed E-state index contributed by atoms with van der Waals surface area (Å²) in [5, 5.41) is 0. The average Bonchev–Trinajstić information content (AvgIpc) is 3.07. The zero-order chi connectivity index (χ0) is 25.0. The first-order valence-electron chi connectivity index (χ1n) is 8.54. The second kappa shape index (κ2) is 8.59. The van der Waals surface area contributed by atoms with Crippen molar-refractivity contribution in [2.45, 2.75) is 31.5 Å². The Hall–Kier alpha value is -1.55. The van der Waals surface area contributed by atoms with Crippen LogP contribution in [0.3, 0.4) is 0 Å². The molecule has 0 radical (unpaired) electrons. The summed E-state index contributed by atoms with van der Waals surface area (Å²) in [6.07, 6.45) is -6.22. The van der Waals surface area contributed by atoms with Crippen molar-refractivity contribution >= 4 is 29.4 Å². The maximum absolute atomic E-state index is 15.4. The number of aromatic nitrogens is 2. The second-order valence-corrected chi connectivity index (χ2v) is 11.2. The number of H-pyrrole nitrogens is 1. The maximum atomic E-state index is 15.4. The molecule has 0 bridgehead atoms. The minimum atomic E-state index is -5.83. The molecule has 1 aromatic rings. The number of phosphoric ester groups is 1. The summed E-state index contributed by atoms with van der Waals surface area (Å²) in [5.41, 5.74) is -3.82. The molecule has 3 unspecified atom stereocenters. The van der Waals surface area contributed by atoms with Crippen LogP contribution in [-0.2, 0) is 41.1 Å². The molecule has 1 aliphatic carbocycles. The highest BCUT2D eigenvalue weighted by atomic mass is 31.3. The Morgan fingerprint density at radius 1 is 1.21 bits per heavy atom. The molecule has 33 heavy (non-hydrogen) atoms. The summed E-state index contributed by atoms with van der Waals surface area (Å²) >= 11 is 0. The maximum Gasteiger partial charge on any atom is 0.490 e. The van der Waals surface area contributed by atoms with Crippen molar-refractivity contribution in [1.82, 2.24) is 9.55 Å². The summed E-state index contributed by atoms with van der Waals surface area (Å²) in [6, 6.07) is 0.893. The van der Waals surface area contributed by atoms with E-state index in [0.717, 1.165) is 19.2 Å². The first-order chi connectivity index (χ1) is 15.0. The lowest BCUT2D eigenvalue weighted by molar-refractivity contribution is -0.144. The Morgan fingerprint density at radius 3 is 2.39 bits per heavy atom. The lowest BCUT2D eigenvalue weighted by Gasteiger charge is -2.25. The van der Waals surface area contributed by atoms with Crippen molar-refractivity contribution in [3.8, 4) is 0 Å². The summed E-state index contributed by atoms with van der Waals surface area (Å²) in [6.45, 7) is 0.182. The van der Waals surface area contributed by atoms with Gasteiger partial charge in [0.1, 0.15) is 18.8 Å². The van der Waals surface area contributed by atoms with Gasteiger partial charge >= 0.3 is 35.1 Å². The smallest absolute Gasteiger partial charge is 0.465 e. The lowest BCUT2D eigenvalue weighted by Crippen LogP contribution is -2.39. The Balaban J connectivity index is 1.83. The molecule has 0 amide bonds. The standard InChI is InChI=1S/C12H16FN2O15P3/c1-5(16)26-4-12-7(13)10(15-3-2-6(17)14-11(15)18)27-8(12)9(12)28-32(22,23)30-33(24,25)29-31(19,20)21/h2-3,7-10H,4H2,1H3,(H,22,23)(H,24,25)(H,14,17,18)(H2,19,20,21)/t7-,8+,9?,10+,12+/m0/s1. The van der Waals surface area contributed by atoms with Crippen LogP contribution in [0.15, 0.2) is 21.9 Å². The molecule has 17 nitrogen and oxygen atoms in total. The van der Waals surface area contributed by atoms with Crippen LogP contribution in [0.4, 0.5) is 4.39 Å². The van der Waals surface area contributed by atoms with E-state index < -0.39 is 77.3 Å². The molecule has 0 aromatic carbocycles. The number of hydrogen-bond acceptors (Lipinski definition) is 11. The van der Waals surface area contributed by atoms with E-state index in [-0.39, 0.29) is 0 Å². The van der Waals surface area contributed by atoms with Crippen molar-refractivity contribution < 1.29 is 65.1 Å². The Morgan fingerprint density at radius 2 is 1.85 bits per heavy atom. The van der Waals surface area contributed by atoms with Crippen molar-refractivity contribution in [1.29, 1.82) is 0 Å². The van der Waals surface area contributed by atoms with Gasteiger partial charge in [-0.1, -0.05) is 0 Å². The molecule has 1 aromatic heterocycles. The van der Waals surface area contributed by atoms with Crippen LogP contribution in [0.5, 0.6) is 0 Å². The van der Waals surface area contributed by atoms with Gasteiger partial charge in [-0.2, -0.15) is 8.62 Å². The van der Waals surface area contributed by atoms with Crippen molar-refractivity contribution in [2.75, 3.05) is 6.61 Å². The topological polar surface area (TPSA) is 250 Å². The fraction of sp³-hybridized carbons (Fsp3) is 0.583. The molecule has 1 aliphatic heterocycles. The number of carbonyl (C=O) groups excluding carboxylic acids is 1. The summed E-state index contributed by atoms with van der Waals surface area (Å²) in [5.74, 6) is -0.885. The fourth-order valence-electron chi connectivity index (χ4n) is 3.29. The third-order valence-corrected chi connectivity index (χ3v) is 8.41. The van der Waals surface area contributed by atoms with Gasteiger partial charge in [0.25, 0.3) is 5.56 Å². The van der Waals surface area contributed by atoms with Crippen LogP contribution >= 0.6 is 23.5 Å². The van der Waals surface area contributed by atoms with Crippen LogP contribution in [-0.4, -0.2) is 60.1 Å². The van der Waals surface area contributed by atoms with E-state index in [1.165, 1.54) is 0 Å². The highest BCUT2D eigenvalue weighted by Gasteiger charge is 2.80. The van der Waals surface area contributed by atoms with Gasteiger partial charge in [-0.25, -0.2) is 22.9 Å². The number of nitrogens with zero attached hydrogens (tertiary/aromatic N) is 1. The van der Waals surface area contributed by atoms with E-state index in [0.29, 0.717) is 4.57 Å². The third kappa shape index (κ3) is 5.58. The Bertz CT molecular complexity index is 1210. The van der Waals surface area contributed by atoms with Gasteiger partial charge in [0.2, 0.25) is 0 Å². The number of hydrogen-bond donors (Lipinski definition) is 5. The van der Waals surface area contributed by atoms with Gasteiger partial charge in [0, 0.05) is 19.2 Å². The largest absolute Gasteiger partial charge is 0.490 e. The molecule has 1 saturated heterocycles. The predicted molar refractivity (Wildman–Crippen MR) is 97.9 cm³/mol. The summed E-state index contributed by atoms with van der Waals surface area (Å²) < 4.78 is 72.2. The first kappa shape index (κ1) is 26.1. The van der Waals surface area contributed by atoms with E-state index in [4.69, 9.17) is 19.3 Å². The van der Waals surface area contributed by atoms with E-state index in [9.17, 15) is 37.9 Å². The van der Waals surface area contributed by atoms with Gasteiger partial charge in [-0.15, -0.1) is 0 Å². The minimum absolute atomic E-state index is 0.662. The quantitative estimate of drug-likeness (QED) is 0.187. The summed E-state index contributed by atoms with van der Waals surface area (Å²) in [4.78, 5) is 72.3. The molecule has 3 rings (SSSR count). The van der Waals surface area contributed by atoms with Crippen LogP contribution in [0, 0.1) is 5.41 Å². The van der Waals surface area contributed by atoms with E-state index in [1.807, 2.05) is 4.98 Å². The molecule has 7 atom stereocenters. The highest BCUT2D eigenvalue weighted by Crippen LogP contribution is 2.71. The molecular weight excluding hydrogens is 524 g/mol. The molecule has 5 N–H and O–H groups in total. The van der Waals surface area contributed by atoms with Gasteiger partial charge in [0.15, 0.2) is 12.4 Å². The minimum Gasteiger partial charge on any atom is -0.465 e. The number of halogens is 1. The Kier molecular flexibility index (Phi) is 6.78. The number of rotatable bonds is 9. The lowest BCUT2D eigenvalue weighted by atomic mass is 10.0. The molecular formula is C12H16FN2O15P3. The molecule has 1 saturated carbocycles. The number of phosphoric acid groups is 3. The molecule has 21 heteroatoms. The number of alkyl halides is 1. The zero-order valence-electron chi connectivity index (χ0n) is 16.1. The SMILES string of the molecule is CC(=O)OC[C@]12C(OP(=O)(O)OP(=O)(O)OP(=O)(O)O)[C@H]1O[C@@H](n1ccc(=O)[nH]c1=O)[C@@H]2F. The molecule has 0 spiro atoms. The number of ether oxygens (including phenoxy) is 2. The summed E-state index contributed by atoms with van der Waals surface area (Å²) in [7, 11) is -17.1. The number of fused-ring (bicyclic) bond motifs is 1. The van der Waals surface area contributed by atoms with Gasteiger partial charge < -0.3 is 29.0 Å². The van der Waals surface area contributed by atoms with E-state index in [1.54, 1.807) is 0 Å². The van der Waals surface area contributed by atoms with Crippen LogP contribution in [0.1, 0.15) is 13.2 Å². The number of aromatic amines is 1. The highest BCUT2D eigenvalue weighted by molar-refractivity contribution is 7.66. The molecule has 2 fully saturated rings. The van der Waals surface area contributed by atoms with Crippen LogP contribution in [0.25, 0.3) is 0 Å². The molecule has 2 aliphatic rings. The number of nitrogens with one attached hydrogen (secondary N) is 1.